The van der Waals surface area contributed by atoms with Gasteiger partial charge in [-0.15, -0.1) is 0 Å². The summed E-state index contributed by atoms with van der Waals surface area (Å²) in [7, 11) is 0. The molecule has 0 bridgehead atoms. The first-order chi connectivity index (χ1) is 36.4. The summed E-state index contributed by atoms with van der Waals surface area (Å²) in [6, 6.07) is 23.0. The molecule has 3 aromatic carbocycles. The number of imidazole rings is 1. The van der Waals surface area contributed by atoms with Gasteiger partial charge in [-0.3, -0.25) is 29.4 Å². The van der Waals surface area contributed by atoms with Crippen LogP contribution >= 0.6 is 0 Å². The number of para-hydroxylation sites is 1. The Balaban J connectivity index is 0.712. The van der Waals surface area contributed by atoms with Crippen LogP contribution in [0.15, 0.2) is 79.1 Å². The number of rotatable bonds is 10. The number of imide groups is 1. The normalized spacial score (nSPS) is 22.8. The maximum absolute atomic E-state index is 15.3. The number of pyridine rings is 1. The fraction of sp³-hybridized carbons (Fsp3) is 0.500. The summed E-state index contributed by atoms with van der Waals surface area (Å²) in [6.45, 7) is 10.4. The molecular weight excluding hydrogens is 950 g/mol. The van der Waals surface area contributed by atoms with Crippen LogP contribution in [0.5, 0.6) is 0 Å². The molecule has 6 amide bonds. The standard InChI is InChI=1S/C58H68FN11O5/c1-37(2)69-36-60-49-35-48(62-53(52(49)69)61-47-9-5-4-8-46(47)59)40-10-15-45-50(32-40)70(44-33-43(34-44)64-23-6-3-7-24-64)56(74)58(45)21-30-67(31-22-58)55(73)39-18-27-66(28-19-39)54(72)38-16-25-65(26-17-38)41-11-13-42(14-12-41)68-29-20-51(71)63-57(68)75/h4-5,8-15,32,35-39,43-44H,3,6-7,16-31,33-34H2,1-2H3,(H,61,62)(H,63,71,75). The highest BCUT2D eigenvalue weighted by molar-refractivity contribution is 6.10. The molecule has 392 valence electrons. The van der Waals surface area contributed by atoms with Gasteiger partial charge in [0, 0.05) is 105 Å². The van der Waals surface area contributed by atoms with Gasteiger partial charge < -0.3 is 34.4 Å². The van der Waals surface area contributed by atoms with E-state index in [0.717, 1.165) is 91.1 Å². The maximum Gasteiger partial charge on any atom is 0.328 e. The van der Waals surface area contributed by atoms with Crippen molar-refractivity contribution < 1.29 is 28.4 Å². The molecule has 6 fully saturated rings. The third kappa shape index (κ3) is 9.07. The highest BCUT2D eigenvalue weighted by Crippen LogP contribution is 2.52. The zero-order valence-electron chi connectivity index (χ0n) is 43.2. The van der Waals surface area contributed by atoms with Crippen molar-refractivity contribution in [3.63, 3.8) is 0 Å². The number of amides is 6. The fourth-order valence-electron chi connectivity index (χ4n) is 13.3. The molecule has 75 heavy (non-hydrogen) atoms. The number of piperidine rings is 4. The van der Waals surface area contributed by atoms with Gasteiger partial charge in [-0.25, -0.2) is 19.2 Å². The minimum absolute atomic E-state index is 0.0618. The van der Waals surface area contributed by atoms with E-state index in [0.29, 0.717) is 81.6 Å². The van der Waals surface area contributed by atoms with Gasteiger partial charge in [-0.2, -0.15) is 0 Å². The summed E-state index contributed by atoms with van der Waals surface area (Å²) in [4.78, 5) is 89.9. The molecular formula is C58H68FN11O5. The first-order valence-electron chi connectivity index (χ1n) is 27.6. The Bertz CT molecular complexity index is 3010. The predicted octanol–water partition coefficient (Wildman–Crippen LogP) is 8.39. The van der Waals surface area contributed by atoms with E-state index in [1.54, 1.807) is 29.4 Å². The number of anilines is 5. The molecule has 2 aromatic heterocycles. The van der Waals surface area contributed by atoms with E-state index < -0.39 is 11.4 Å². The molecule has 17 heteroatoms. The van der Waals surface area contributed by atoms with E-state index in [4.69, 9.17) is 9.97 Å². The molecule has 5 aromatic rings. The fourth-order valence-corrected chi connectivity index (χ4v) is 13.3. The van der Waals surface area contributed by atoms with E-state index in [1.165, 1.54) is 25.3 Å². The van der Waals surface area contributed by atoms with Gasteiger partial charge in [0.2, 0.25) is 23.6 Å². The first kappa shape index (κ1) is 49.0. The maximum atomic E-state index is 15.3. The van der Waals surface area contributed by atoms with Crippen LogP contribution < -0.4 is 25.3 Å². The molecule has 0 unspecified atom stereocenters. The summed E-state index contributed by atoms with van der Waals surface area (Å²) in [5.41, 5.74) is 6.38. The topological polar surface area (TPSA) is 160 Å². The lowest BCUT2D eigenvalue weighted by Gasteiger charge is -2.48. The monoisotopic (exact) mass is 1020 g/mol. The lowest BCUT2D eigenvalue weighted by Crippen LogP contribution is -2.58. The van der Waals surface area contributed by atoms with Crippen molar-refractivity contribution in [2.45, 2.75) is 114 Å². The molecule has 8 heterocycles. The second-order valence-electron chi connectivity index (χ2n) is 22.4. The summed E-state index contributed by atoms with van der Waals surface area (Å²) < 4.78 is 17.2. The number of halogens is 1. The molecule has 5 saturated heterocycles. The SMILES string of the molecule is CC(C)n1cnc2cc(-c3ccc4c(c3)N(C3CC(N5CCCCC5)C3)C(=O)C43CCN(C(=O)C4CCN(C(=O)C5CCN(c6ccc(N7CCC(=O)NC7=O)cc6)CC5)CC4)CC3)nc(Nc3ccccc3F)c21. The predicted molar refractivity (Wildman–Crippen MR) is 286 cm³/mol. The number of hydrogen-bond donors (Lipinski definition) is 2. The number of carbonyl (C=O) groups excluding carboxylic acids is 5. The minimum Gasteiger partial charge on any atom is -0.371 e. The van der Waals surface area contributed by atoms with Gasteiger partial charge in [0.05, 0.1) is 28.6 Å². The van der Waals surface area contributed by atoms with Crippen LogP contribution in [0.25, 0.3) is 22.3 Å². The Kier molecular flexibility index (Phi) is 13.1. The van der Waals surface area contributed by atoms with E-state index >= 15 is 9.18 Å². The van der Waals surface area contributed by atoms with Crippen LogP contribution in [0.1, 0.15) is 103 Å². The van der Waals surface area contributed by atoms with Crippen LogP contribution in [-0.2, 0) is 24.6 Å². The Morgan fingerprint density at radius 1 is 0.747 bits per heavy atom. The van der Waals surface area contributed by atoms with E-state index in [1.807, 2.05) is 44.7 Å². The van der Waals surface area contributed by atoms with Crippen LogP contribution in [-0.4, -0.2) is 130 Å². The largest absolute Gasteiger partial charge is 0.371 e. The highest BCUT2D eigenvalue weighted by atomic mass is 19.1. The molecule has 0 radical (unpaired) electrons. The van der Waals surface area contributed by atoms with Crippen molar-refractivity contribution in [2.75, 3.05) is 78.9 Å². The van der Waals surface area contributed by atoms with Gasteiger partial charge in [-0.05, 0) is 145 Å². The Morgan fingerprint density at radius 3 is 2.09 bits per heavy atom. The number of likely N-dealkylation sites (tertiary alicyclic amines) is 3. The summed E-state index contributed by atoms with van der Waals surface area (Å²) in [5, 5.41) is 5.66. The number of urea groups is 1. The van der Waals surface area contributed by atoms with Crippen LogP contribution in [0.3, 0.4) is 0 Å². The van der Waals surface area contributed by atoms with Crippen LogP contribution in [0.2, 0.25) is 0 Å². The van der Waals surface area contributed by atoms with Crippen molar-refractivity contribution in [1.29, 1.82) is 0 Å². The highest BCUT2D eigenvalue weighted by Gasteiger charge is 2.56. The molecule has 1 spiro atoms. The van der Waals surface area contributed by atoms with Crippen molar-refractivity contribution in [3.8, 4) is 11.3 Å². The number of benzene rings is 3. The van der Waals surface area contributed by atoms with Crippen LogP contribution in [0, 0.1) is 17.7 Å². The van der Waals surface area contributed by atoms with Crippen molar-refractivity contribution in [1.82, 2.24) is 34.6 Å². The number of carbonyl (C=O) groups is 5. The van der Waals surface area contributed by atoms with Gasteiger partial charge in [0.25, 0.3) is 0 Å². The van der Waals surface area contributed by atoms with E-state index in [9.17, 15) is 19.2 Å². The second kappa shape index (κ2) is 20.0. The zero-order chi connectivity index (χ0) is 51.5. The molecule has 12 rings (SSSR count). The molecule has 0 atom stereocenters. The minimum atomic E-state index is -0.742. The number of nitrogens with zero attached hydrogens (tertiary/aromatic N) is 9. The molecule has 16 nitrogen and oxygen atoms in total. The molecule has 6 aliphatic heterocycles. The summed E-state index contributed by atoms with van der Waals surface area (Å²) in [6.07, 6.45) is 11.5. The number of fused-ring (bicyclic) bond motifs is 3. The van der Waals surface area contributed by atoms with Crippen LogP contribution in [0.4, 0.5) is 37.8 Å². The Labute approximate surface area is 437 Å². The van der Waals surface area contributed by atoms with Gasteiger partial charge in [0.1, 0.15) is 11.3 Å². The Hall–Kier alpha value is -6.88. The van der Waals surface area contributed by atoms with Crippen molar-refractivity contribution >= 4 is 69.3 Å². The molecule has 1 saturated carbocycles. The quantitative estimate of drug-likeness (QED) is 0.139. The second-order valence-corrected chi connectivity index (χ2v) is 22.4. The van der Waals surface area contributed by atoms with Gasteiger partial charge >= 0.3 is 6.03 Å². The van der Waals surface area contributed by atoms with Gasteiger partial charge in [0.15, 0.2) is 5.82 Å². The molecule has 1 aliphatic carbocycles. The third-order valence-electron chi connectivity index (χ3n) is 17.8. The van der Waals surface area contributed by atoms with E-state index in [2.05, 4.69) is 57.4 Å². The summed E-state index contributed by atoms with van der Waals surface area (Å²) in [5.74, 6) is 0.104. The Morgan fingerprint density at radius 2 is 1.41 bits per heavy atom. The number of hydrogen-bond acceptors (Lipinski definition) is 10. The lowest BCUT2D eigenvalue weighted by atomic mass is 9.73. The van der Waals surface area contributed by atoms with Gasteiger partial charge in [-0.1, -0.05) is 30.7 Å². The first-order valence-corrected chi connectivity index (χ1v) is 27.6. The average Bonchev–Trinajstić information content (AvgIpc) is 3.96. The molecule has 2 N–H and O–H groups in total. The number of nitrogens with one attached hydrogen (secondary N) is 2. The van der Waals surface area contributed by atoms with E-state index in [-0.39, 0.29) is 59.8 Å². The zero-order valence-corrected chi connectivity index (χ0v) is 43.2. The lowest BCUT2D eigenvalue weighted by molar-refractivity contribution is -0.144. The molecule has 7 aliphatic rings. The number of aromatic nitrogens is 3. The average molecular weight is 1020 g/mol. The van der Waals surface area contributed by atoms with Crippen molar-refractivity contribution in [3.05, 3.63) is 90.5 Å². The smallest absolute Gasteiger partial charge is 0.328 e. The third-order valence-corrected chi connectivity index (χ3v) is 17.8. The summed E-state index contributed by atoms with van der Waals surface area (Å²) >= 11 is 0. The van der Waals surface area contributed by atoms with Crippen molar-refractivity contribution in [2.24, 2.45) is 11.8 Å².